The average molecular weight is 302 g/mol. The van der Waals surface area contributed by atoms with Crippen molar-refractivity contribution < 1.29 is 0 Å². The minimum absolute atomic E-state index is 0.212. The fourth-order valence-electron chi connectivity index (χ4n) is 5.18. The van der Waals surface area contributed by atoms with Crippen LogP contribution in [0.1, 0.15) is 65.3 Å². The monoisotopic (exact) mass is 302 g/mol. The molecule has 0 aromatic heterocycles. The van der Waals surface area contributed by atoms with Crippen LogP contribution >= 0.6 is 0 Å². The molecule has 0 bridgehead atoms. The Bertz CT molecular complexity index is 737. The minimum atomic E-state index is 0.212. The summed E-state index contributed by atoms with van der Waals surface area (Å²) in [6, 6.07) is 16.3. The second-order valence-electron chi connectivity index (χ2n) is 7.59. The van der Waals surface area contributed by atoms with E-state index >= 15 is 0 Å². The number of fused-ring (bicyclic) bond motifs is 3. The SMILES string of the molecule is C=C[C@@]12CCCC[C@@H]1c1ccc(C)cc1[C@H]2c1ccc(C)cc1. The minimum Gasteiger partial charge on any atom is -0.102 e. The van der Waals surface area contributed by atoms with Crippen molar-refractivity contribution in [3.63, 3.8) is 0 Å². The van der Waals surface area contributed by atoms with E-state index in [0.29, 0.717) is 11.8 Å². The third-order valence-electron chi connectivity index (χ3n) is 6.26. The van der Waals surface area contributed by atoms with Crippen LogP contribution in [0.3, 0.4) is 0 Å². The van der Waals surface area contributed by atoms with Crippen molar-refractivity contribution in [2.45, 2.75) is 51.4 Å². The normalized spacial score (nSPS) is 29.0. The number of allylic oxidation sites excluding steroid dienone is 1. The lowest BCUT2D eigenvalue weighted by Gasteiger charge is -2.42. The van der Waals surface area contributed by atoms with Crippen LogP contribution in [0.5, 0.6) is 0 Å². The number of hydrogen-bond donors (Lipinski definition) is 0. The fourth-order valence-corrected chi connectivity index (χ4v) is 5.18. The molecule has 3 atom stereocenters. The fraction of sp³-hybridized carbons (Fsp3) is 0.391. The van der Waals surface area contributed by atoms with Crippen LogP contribution in [0.15, 0.2) is 55.1 Å². The van der Waals surface area contributed by atoms with Crippen molar-refractivity contribution in [1.29, 1.82) is 0 Å². The van der Waals surface area contributed by atoms with Crippen molar-refractivity contribution in [3.8, 4) is 0 Å². The van der Waals surface area contributed by atoms with Gasteiger partial charge in [-0.25, -0.2) is 0 Å². The Hall–Kier alpha value is -1.82. The molecular formula is C23H26. The number of hydrogen-bond acceptors (Lipinski definition) is 0. The summed E-state index contributed by atoms with van der Waals surface area (Å²) in [6.45, 7) is 8.70. The predicted molar refractivity (Wildman–Crippen MR) is 98.0 cm³/mol. The Balaban J connectivity index is 1.95. The molecular weight excluding hydrogens is 276 g/mol. The van der Waals surface area contributed by atoms with Crippen molar-refractivity contribution in [3.05, 3.63) is 82.9 Å². The largest absolute Gasteiger partial charge is 0.102 e. The first-order chi connectivity index (χ1) is 11.2. The van der Waals surface area contributed by atoms with Gasteiger partial charge < -0.3 is 0 Å². The Morgan fingerprint density at radius 2 is 1.70 bits per heavy atom. The lowest BCUT2D eigenvalue weighted by Crippen LogP contribution is -2.31. The molecule has 2 aliphatic rings. The van der Waals surface area contributed by atoms with Crippen LogP contribution in [-0.4, -0.2) is 0 Å². The summed E-state index contributed by atoms with van der Waals surface area (Å²) in [5, 5.41) is 0. The van der Waals surface area contributed by atoms with Gasteiger partial charge in [0.05, 0.1) is 0 Å². The topological polar surface area (TPSA) is 0 Å². The molecule has 0 radical (unpaired) electrons. The first-order valence-electron chi connectivity index (χ1n) is 8.96. The molecule has 2 aromatic rings. The van der Waals surface area contributed by atoms with E-state index in [2.05, 4.69) is 69.0 Å². The second kappa shape index (κ2) is 5.37. The van der Waals surface area contributed by atoms with Crippen molar-refractivity contribution in [2.75, 3.05) is 0 Å². The number of rotatable bonds is 2. The Morgan fingerprint density at radius 1 is 0.957 bits per heavy atom. The molecule has 0 nitrogen and oxygen atoms in total. The van der Waals surface area contributed by atoms with Crippen LogP contribution in [0.25, 0.3) is 0 Å². The van der Waals surface area contributed by atoms with Crippen LogP contribution in [0.2, 0.25) is 0 Å². The molecule has 0 heteroatoms. The second-order valence-corrected chi connectivity index (χ2v) is 7.59. The van der Waals surface area contributed by atoms with E-state index in [1.807, 2.05) is 0 Å². The van der Waals surface area contributed by atoms with Gasteiger partial charge in [0.2, 0.25) is 0 Å². The van der Waals surface area contributed by atoms with Crippen LogP contribution in [0.4, 0.5) is 0 Å². The van der Waals surface area contributed by atoms with E-state index in [1.54, 1.807) is 11.1 Å². The predicted octanol–water partition coefficient (Wildman–Crippen LogP) is 6.28. The highest BCUT2D eigenvalue weighted by Crippen LogP contribution is 2.64. The maximum Gasteiger partial charge on any atom is 0.0189 e. The summed E-state index contributed by atoms with van der Waals surface area (Å²) >= 11 is 0. The van der Waals surface area contributed by atoms with Crippen LogP contribution < -0.4 is 0 Å². The molecule has 4 rings (SSSR count). The Morgan fingerprint density at radius 3 is 2.43 bits per heavy atom. The molecule has 1 fully saturated rings. The average Bonchev–Trinajstić information content (AvgIpc) is 2.86. The van der Waals surface area contributed by atoms with E-state index in [1.165, 1.54) is 42.4 Å². The van der Waals surface area contributed by atoms with Crippen LogP contribution in [0, 0.1) is 19.3 Å². The Labute approximate surface area is 140 Å². The van der Waals surface area contributed by atoms with Gasteiger partial charge in [0, 0.05) is 11.3 Å². The summed E-state index contributed by atoms with van der Waals surface area (Å²) in [5.41, 5.74) is 7.53. The third-order valence-corrected chi connectivity index (χ3v) is 6.26. The van der Waals surface area contributed by atoms with Gasteiger partial charge in [-0.15, -0.1) is 6.58 Å². The molecule has 0 N–H and O–H groups in total. The molecule has 0 saturated heterocycles. The molecule has 0 aliphatic heterocycles. The quantitative estimate of drug-likeness (QED) is 0.573. The summed E-state index contributed by atoms with van der Waals surface area (Å²) in [7, 11) is 0. The first-order valence-corrected chi connectivity index (χ1v) is 8.96. The molecule has 118 valence electrons. The van der Waals surface area contributed by atoms with E-state index in [9.17, 15) is 0 Å². The van der Waals surface area contributed by atoms with Crippen molar-refractivity contribution >= 4 is 0 Å². The molecule has 0 heterocycles. The van der Waals surface area contributed by atoms with Gasteiger partial charge in [-0.05, 0) is 49.3 Å². The maximum atomic E-state index is 4.32. The smallest absolute Gasteiger partial charge is 0.0189 e. The van der Waals surface area contributed by atoms with Gasteiger partial charge in [-0.1, -0.05) is 72.5 Å². The van der Waals surface area contributed by atoms with Gasteiger partial charge in [0.25, 0.3) is 0 Å². The summed E-state index contributed by atoms with van der Waals surface area (Å²) in [4.78, 5) is 0. The van der Waals surface area contributed by atoms with Crippen molar-refractivity contribution in [2.24, 2.45) is 5.41 Å². The zero-order chi connectivity index (χ0) is 16.0. The molecule has 2 aliphatic carbocycles. The lowest BCUT2D eigenvalue weighted by molar-refractivity contribution is 0.211. The standard InChI is InChI=1S/C23H26/c1-4-23-14-6-5-7-21(23)19-13-10-17(3)15-20(19)22(23)18-11-8-16(2)9-12-18/h4,8-13,15,21-22H,1,5-7,14H2,2-3H3/t21-,22-,23-/m1/s1. The molecule has 1 saturated carbocycles. The third kappa shape index (κ3) is 2.11. The van der Waals surface area contributed by atoms with Gasteiger partial charge in [-0.3, -0.25) is 0 Å². The van der Waals surface area contributed by atoms with E-state index in [0.717, 1.165) is 0 Å². The zero-order valence-corrected chi connectivity index (χ0v) is 14.3. The molecule has 2 aromatic carbocycles. The van der Waals surface area contributed by atoms with Gasteiger partial charge in [0.1, 0.15) is 0 Å². The highest BCUT2D eigenvalue weighted by Gasteiger charge is 2.52. The van der Waals surface area contributed by atoms with Gasteiger partial charge in [-0.2, -0.15) is 0 Å². The summed E-state index contributed by atoms with van der Waals surface area (Å²) in [5.74, 6) is 1.12. The van der Waals surface area contributed by atoms with E-state index < -0.39 is 0 Å². The van der Waals surface area contributed by atoms with Crippen LogP contribution in [-0.2, 0) is 0 Å². The van der Waals surface area contributed by atoms with Gasteiger partial charge in [0.15, 0.2) is 0 Å². The van der Waals surface area contributed by atoms with Gasteiger partial charge >= 0.3 is 0 Å². The maximum absolute atomic E-state index is 4.32. The molecule has 23 heavy (non-hydrogen) atoms. The highest BCUT2D eigenvalue weighted by atomic mass is 14.5. The zero-order valence-electron chi connectivity index (χ0n) is 14.3. The molecule has 0 amide bonds. The summed E-state index contributed by atoms with van der Waals surface area (Å²) < 4.78 is 0. The van der Waals surface area contributed by atoms with E-state index in [-0.39, 0.29) is 5.41 Å². The number of benzene rings is 2. The van der Waals surface area contributed by atoms with E-state index in [4.69, 9.17) is 0 Å². The Kier molecular flexibility index (Phi) is 3.44. The van der Waals surface area contributed by atoms with Crippen molar-refractivity contribution in [1.82, 2.24) is 0 Å². The molecule has 0 unspecified atom stereocenters. The summed E-state index contributed by atoms with van der Waals surface area (Å²) in [6.07, 6.45) is 7.57. The lowest BCUT2D eigenvalue weighted by atomic mass is 9.61. The highest BCUT2D eigenvalue weighted by molar-refractivity contribution is 5.52. The molecule has 0 spiro atoms. The number of aryl methyl sites for hydroxylation is 2. The first kappa shape index (κ1) is 14.8.